The number of nitrogens with zero attached hydrogens (tertiary/aromatic N) is 4. The van der Waals surface area contributed by atoms with Crippen LogP contribution in [0.1, 0.15) is 0 Å². The maximum atomic E-state index is 5.04. The molecule has 1 aliphatic heterocycles. The average Bonchev–Trinajstić information content (AvgIpc) is 3.48. The summed E-state index contributed by atoms with van der Waals surface area (Å²) in [4.78, 5) is 14.9. The molecule has 0 bridgehead atoms. The van der Waals surface area contributed by atoms with Gasteiger partial charge in [-0.15, -0.1) is 0 Å². The lowest BCUT2D eigenvalue weighted by atomic mass is 9.64. The molecule has 8 rings (SSSR count). The van der Waals surface area contributed by atoms with Crippen molar-refractivity contribution in [3.8, 4) is 33.9 Å². The van der Waals surface area contributed by atoms with Crippen LogP contribution in [-0.2, 0) is 0 Å². The van der Waals surface area contributed by atoms with Crippen molar-refractivity contribution < 1.29 is 0 Å². The van der Waals surface area contributed by atoms with Gasteiger partial charge in [-0.05, 0) is 60.1 Å². The number of aromatic nitrogens is 2. The minimum atomic E-state index is -0.0563. The van der Waals surface area contributed by atoms with E-state index in [1.807, 2.05) is 36.4 Å². The van der Waals surface area contributed by atoms with Crippen LogP contribution >= 0.6 is 0 Å². The van der Waals surface area contributed by atoms with E-state index >= 15 is 0 Å². The Labute approximate surface area is 264 Å². The molecular formula is C40H29BN4. The van der Waals surface area contributed by atoms with Gasteiger partial charge in [-0.1, -0.05) is 121 Å². The summed E-state index contributed by atoms with van der Waals surface area (Å²) in [6, 6.07) is 61.4. The summed E-state index contributed by atoms with van der Waals surface area (Å²) in [6.07, 6.45) is 0. The molecule has 5 heteroatoms. The molecule has 0 N–H and O–H groups in total. The molecule has 45 heavy (non-hydrogen) atoms. The standard InChI is InChI=1S/C40H29BN4/c1-5-15-30(16-6-1)36-29-37(31-17-7-2-8-18-31)43-40(42-36)32-25-27-35(28-26-32)45-39-24-14-13-23-38(39)44(34-21-11-4-12-22-34)41(45)33-19-9-3-10-20-33/h1-29H. The minimum Gasteiger partial charge on any atom is -0.360 e. The molecule has 0 unspecified atom stereocenters. The Morgan fingerprint density at radius 2 is 0.800 bits per heavy atom. The van der Waals surface area contributed by atoms with E-state index < -0.39 is 0 Å². The first-order valence-corrected chi connectivity index (χ1v) is 15.2. The van der Waals surface area contributed by atoms with Crippen molar-refractivity contribution in [2.24, 2.45) is 0 Å². The van der Waals surface area contributed by atoms with Gasteiger partial charge in [0.25, 0.3) is 0 Å². The number of anilines is 4. The molecule has 0 atom stereocenters. The third-order valence-corrected chi connectivity index (χ3v) is 8.29. The Bertz CT molecular complexity index is 1990. The summed E-state index contributed by atoms with van der Waals surface area (Å²) in [6.45, 7) is -0.0563. The molecule has 0 spiro atoms. The number of rotatable bonds is 6. The summed E-state index contributed by atoms with van der Waals surface area (Å²) in [5.74, 6) is 0.703. The molecule has 6 aromatic carbocycles. The van der Waals surface area contributed by atoms with Gasteiger partial charge >= 0.3 is 6.98 Å². The molecule has 4 nitrogen and oxygen atoms in total. The van der Waals surface area contributed by atoms with Crippen molar-refractivity contribution >= 4 is 35.2 Å². The van der Waals surface area contributed by atoms with Crippen LogP contribution in [-0.4, -0.2) is 17.0 Å². The summed E-state index contributed by atoms with van der Waals surface area (Å²) >= 11 is 0. The lowest BCUT2D eigenvalue weighted by Crippen LogP contribution is -2.53. The summed E-state index contributed by atoms with van der Waals surface area (Å²) in [7, 11) is 0. The van der Waals surface area contributed by atoms with E-state index in [1.165, 1.54) is 11.2 Å². The Balaban J connectivity index is 1.24. The van der Waals surface area contributed by atoms with Crippen LogP contribution in [0.4, 0.5) is 22.7 Å². The van der Waals surface area contributed by atoms with Gasteiger partial charge < -0.3 is 9.62 Å². The second-order valence-corrected chi connectivity index (χ2v) is 11.1. The second-order valence-electron chi connectivity index (χ2n) is 11.1. The first-order valence-electron chi connectivity index (χ1n) is 15.2. The molecule has 0 fully saturated rings. The van der Waals surface area contributed by atoms with Gasteiger partial charge in [0, 0.05) is 28.1 Å². The quantitative estimate of drug-likeness (QED) is 0.185. The van der Waals surface area contributed by atoms with Crippen LogP contribution in [0.15, 0.2) is 176 Å². The van der Waals surface area contributed by atoms with Crippen molar-refractivity contribution in [1.82, 2.24) is 9.97 Å². The van der Waals surface area contributed by atoms with E-state index in [0.717, 1.165) is 45.1 Å². The lowest BCUT2D eigenvalue weighted by Gasteiger charge is -2.30. The fraction of sp³-hybridized carbons (Fsp3) is 0. The van der Waals surface area contributed by atoms with E-state index in [2.05, 4.69) is 149 Å². The molecule has 0 amide bonds. The van der Waals surface area contributed by atoms with Gasteiger partial charge in [-0.3, -0.25) is 0 Å². The molecule has 0 radical (unpaired) electrons. The third-order valence-electron chi connectivity index (χ3n) is 8.29. The third kappa shape index (κ3) is 5.04. The predicted molar refractivity (Wildman–Crippen MR) is 187 cm³/mol. The van der Waals surface area contributed by atoms with E-state index in [1.54, 1.807) is 0 Å². The minimum absolute atomic E-state index is 0.0563. The number of hydrogen-bond acceptors (Lipinski definition) is 4. The van der Waals surface area contributed by atoms with Crippen LogP contribution in [0.5, 0.6) is 0 Å². The first-order chi connectivity index (χ1) is 22.3. The zero-order valence-electron chi connectivity index (χ0n) is 24.6. The lowest BCUT2D eigenvalue weighted by molar-refractivity contribution is 1.18. The fourth-order valence-corrected chi connectivity index (χ4v) is 6.18. The molecule has 0 saturated heterocycles. The molecule has 2 heterocycles. The van der Waals surface area contributed by atoms with Crippen LogP contribution in [0.25, 0.3) is 33.9 Å². The topological polar surface area (TPSA) is 32.3 Å². The molecular weight excluding hydrogens is 547 g/mol. The molecule has 7 aromatic rings. The van der Waals surface area contributed by atoms with Crippen LogP contribution in [0.3, 0.4) is 0 Å². The Kier molecular flexibility index (Phi) is 6.89. The predicted octanol–water partition coefficient (Wildman–Crippen LogP) is 9.16. The highest BCUT2D eigenvalue weighted by atomic mass is 15.3. The van der Waals surface area contributed by atoms with Crippen molar-refractivity contribution in [3.05, 3.63) is 176 Å². The number of hydrogen-bond donors (Lipinski definition) is 0. The van der Waals surface area contributed by atoms with Crippen molar-refractivity contribution in [3.63, 3.8) is 0 Å². The average molecular weight is 577 g/mol. The van der Waals surface area contributed by atoms with Crippen LogP contribution in [0, 0.1) is 0 Å². The normalized spacial score (nSPS) is 12.3. The number of fused-ring (bicyclic) bond motifs is 1. The Morgan fingerprint density at radius 1 is 0.378 bits per heavy atom. The maximum absolute atomic E-state index is 5.04. The Hall–Kier alpha value is -5.94. The smallest absolute Gasteiger partial charge is 0.360 e. The highest BCUT2D eigenvalue weighted by Crippen LogP contribution is 2.46. The zero-order valence-corrected chi connectivity index (χ0v) is 24.6. The molecule has 1 aliphatic rings. The Morgan fingerprint density at radius 3 is 1.31 bits per heavy atom. The van der Waals surface area contributed by atoms with Gasteiger partial charge in [-0.25, -0.2) is 9.97 Å². The highest BCUT2D eigenvalue weighted by Gasteiger charge is 2.43. The first kappa shape index (κ1) is 26.7. The van der Waals surface area contributed by atoms with Crippen LogP contribution in [0.2, 0.25) is 0 Å². The summed E-state index contributed by atoms with van der Waals surface area (Å²) < 4.78 is 0. The second kappa shape index (κ2) is 11.6. The van der Waals surface area contributed by atoms with Crippen molar-refractivity contribution in [1.29, 1.82) is 0 Å². The molecule has 0 aliphatic carbocycles. The molecule has 212 valence electrons. The van der Waals surface area contributed by atoms with E-state index in [9.17, 15) is 0 Å². The fourth-order valence-electron chi connectivity index (χ4n) is 6.18. The largest absolute Gasteiger partial charge is 0.420 e. The van der Waals surface area contributed by atoms with Gasteiger partial charge in [0.2, 0.25) is 0 Å². The van der Waals surface area contributed by atoms with E-state index in [4.69, 9.17) is 9.97 Å². The van der Waals surface area contributed by atoms with Gasteiger partial charge in [0.05, 0.1) is 22.8 Å². The monoisotopic (exact) mass is 576 g/mol. The van der Waals surface area contributed by atoms with E-state index in [-0.39, 0.29) is 6.98 Å². The maximum Gasteiger partial charge on any atom is 0.420 e. The highest BCUT2D eigenvalue weighted by molar-refractivity contribution is 6.84. The van der Waals surface area contributed by atoms with Gasteiger partial charge in [-0.2, -0.15) is 0 Å². The van der Waals surface area contributed by atoms with E-state index in [0.29, 0.717) is 5.82 Å². The number of para-hydroxylation sites is 3. The van der Waals surface area contributed by atoms with Crippen LogP contribution < -0.4 is 15.1 Å². The summed E-state index contributed by atoms with van der Waals surface area (Å²) in [5, 5.41) is 0. The van der Waals surface area contributed by atoms with Gasteiger partial charge in [0.15, 0.2) is 5.82 Å². The SMILES string of the molecule is c1ccc(B2N(c3ccccc3)c3ccccc3N2c2ccc(-c3nc(-c4ccccc4)cc(-c4ccccc4)n3)cc2)cc1. The molecule has 1 aromatic heterocycles. The van der Waals surface area contributed by atoms with Crippen molar-refractivity contribution in [2.45, 2.75) is 0 Å². The van der Waals surface area contributed by atoms with Gasteiger partial charge in [0.1, 0.15) is 0 Å². The summed E-state index contributed by atoms with van der Waals surface area (Å²) in [5.41, 5.74) is 10.7. The van der Waals surface area contributed by atoms with Crippen molar-refractivity contribution in [2.75, 3.05) is 9.62 Å². The zero-order chi connectivity index (χ0) is 30.0. The molecule has 0 saturated carbocycles. The number of benzene rings is 6.